The van der Waals surface area contributed by atoms with E-state index in [-0.39, 0.29) is 31.1 Å². The topological polar surface area (TPSA) is 109 Å². The van der Waals surface area contributed by atoms with Crippen molar-refractivity contribution < 1.29 is 24.5 Å². The van der Waals surface area contributed by atoms with Gasteiger partial charge in [-0.2, -0.15) is 0 Å². The summed E-state index contributed by atoms with van der Waals surface area (Å²) in [7, 11) is 0. The van der Waals surface area contributed by atoms with E-state index in [9.17, 15) is 19.8 Å². The van der Waals surface area contributed by atoms with Crippen molar-refractivity contribution in [1.82, 2.24) is 10.3 Å². The molecule has 0 spiro atoms. The maximum absolute atomic E-state index is 13.5. The van der Waals surface area contributed by atoms with E-state index in [1.807, 2.05) is 31.2 Å². The summed E-state index contributed by atoms with van der Waals surface area (Å²) >= 11 is 8.07. The van der Waals surface area contributed by atoms with Crippen LogP contribution in [0.3, 0.4) is 0 Å². The average molecular weight is 549 g/mol. The van der Waals surface area contributed by atoms with Gasteiger partial charge in [-0.3, -0.25) is 9.59 Å². The zero-order valence-electron chi connectivity index (χ0n) is 21.9. The third-order valence-corrected chi connectivity index (χ3v) is 8.35. The molecule has 5 atom stereocenters. The highest BCUT2D eigenvalue weighted by atomic mass is 35.5. The van der Waals surface area contributed by atoms with E-state index in [4.69, 9.17) is 16.3 Å². The molecule has 37 heavy (non-hydrogen) atoms. The molecule has 9 heteroatoms. The summed E-state index contributed by atoms with van der Waals surface area (Å²) in [6.45, 7) is 10.8. The number of benzene rings is 1. The molecule has 0 fully saturated rings. The number of ether oxygens (including phenoxy) is 1. The summed E-state index contributed by atoms with van der Waals surface area (Å²) in [6, 6.07) is 5.51. The van der Waals surface area contributed by atoms with E-state index >= 15 is 0 Å². The number of halogens is 1. The number of fused-ring (bicyclic) bond motifs is 1. The largest absolute Gasteiger partial charge is 0.392 e. The number of nitrogens with one attached hydrogen (secondary N) is 1. The predicted octanol–water partition coefficient (Wildman–Crippen LogP) is 4.98. The number of ketones is 1. The van der Waals surface area contributed by atoms with Gasteiger partial charge in [0.2, 0.25) is 5.91 Å². The molecule has 1 aromatic carbocycles. The number of carbonyl (C=O) groups is 2. The Kier molecular flexibility index (Phi) is 10.1. The molecule has 3 N–H and O–H groups in total. The Balaban J connectivity index is 1.93. The molecular formula is C28H37ClN2O5S. The van der Waals surface area contributed by atoms with Gasteiger partial charge in [0.05, 0.1) is 63.9 Å². The van der Waals surface area contributed by atoms with Crippen LogP contribution in [0.25, 0.3) is 10.2 Å². The van der Waals surface area contributed by atoms with Crippen LogP contribution in [0.2, 0.25) is 0 Å². The van der Waals surface area contributed by atoms with Gasteiger partial charge in [0, 0.05) is 11.5 Å². The van der Waals surface area contributed by atoms with Crippen LogP contribution in [0.1, 0.15) is 63.1 Å². The third kappa shape index (κ3) is 7.27. The van der Waals surface area contributed by atoms with Crippen molar-refractivity contribution in [2.24, 2.45) is 11.3 Å². The van der Waals surface area contributed by atoms with Crippen LogP contribution in [-0.2, 0) is 14.3 Å². The monoisotopic (exact) mass is 548 g/mol. The van der Waals surface area contributed by atoms with E-state index in [2.05, 4.69) is 16.9 Å². The molecule has 202 valence electrons. The molecule has 1 aliphatic rings. The lowest BCUT2D eigenvalue weighted by molar-refractivity contribution is -0.146. The van der Waals surface area contributed by atoms with Crippen LogP contribution in [-0.4, -0.2) is 51.8 Å². The van der Waals surface area contributed by atoms with Gasteiger partial charge in [-0.05, 0) is 44.4 Å². The lowest BCUT2D eigenvalue weighted by Gasteiger charge is -2.35. The number of amides is 1. The predicted molar refractivity (Wildman–Crippen MR) is 148 cm³/mol. The Morgan fingerprint density at radius 3 is 2.76 bits per heavy atom. The number of allylic oxidation sites excluding steroid dienone is 1. The molecule has 2 heterocycles. The molecule has 0 saturated heterocycles. The van der Waals surface area contributed by atoms with Gasteiger partial charge in [0.1, 0.15) is 5.78 Å². The maximum atomic E-state index is 13.5. The Hall–Kier alpha value is -2.10. The molecule has 1 aliphatic heterocycles. The van der Waals surface area contributed by atoms with Crippen molar-refractivity contribution in [3.8, 4) is 0 Å². The van der Waals surface area contributed by atoms with E-state index in [0.717, 1.165) is 20.8 Å². The SMILES string of the molecule is C=CC[C@H]1C(=O)C(C)(C)[C@@H](O)CC(=O)N[C@H](c2ccc3sc(C)nc3c2)C/C=C(\Cl)CCO[C@@H](C)[C@H]1O. The van der Waals surface area contributed by atoms with E-state index in [1.165, 1.54) is 0 Å². The first-order valence-corrected chi connectivity index (χ1v) is 13.8. The first-order valence-electron chi connectivity index (χ1n) is 12.6. The summed E-state index contributed by atoms with van der Waals surface area (Å²) < 4.78 is 6.89. The van der Waals surface area contributed by atoms with Gasteiger partial charge >= 0.3 is 0 Å². The molecule has 1 amide bonds. The minimum absolute atomic E-state index is 0.220. The third-order valence-electron chi connectivity index (χ3n) is 7.05. The van der Waals surface area contributed by atoms with Crippen LogP contribution in [0.4, 0.5) is 0 Å². The average Bonchev–Trinajstić information content (AvgIpc) is 3.22. The molecule has 0 saturated carbocycles. The molecule has 0 unspecified atom stereocenters. The number of thiazole rings is 1. The van der Waals surface area contributed by atoms with E-state index in [0.29, 0.717) is 17.9 Å². The summed E-state index contributed by atoms with van der Waals surface area (Å²) in [5, 5.41) is 26.5. The number of hydrogen-bond acceptors (Lipinski definition) is 7. The Bertz CT molecular complexity index is 1160. The number of aromatic nitrogens is 1. The van der Waals surface area contributed by atoms with Crippen molar-refractivity contribution in [1.29, 1.82) is 0 Å². The van der Waals surface area contributed by atoms with Crippen molar-refractivity contribution in [3.63, 3.8) is 0 Å². The van der Waals surface area contributed by atoms with Gasteiger partial charge in [-0.25, -0.2) is 4.98 Å². The zero-order valence-corrected chi connectivity index (χ0v) is 23.4. The fourth-order valence-electron chi connectivity index (χ4n) is 4.58. The number of aliphatic hydroxyl groups is 2. The summed E-state index contributed by atoms with van der Waals surface area (Å²) in [4.78, 5) is 31.2. The standard InChI is InChI=1S/C28H37ClN2O5S/c1-6-7-20-26(34)16(2)36-13-12-19(29)9-10-21(18-8-11-23-22(14-18)30-17(3)37-23)31-25(33)15-24(32)28(4,5)27(20)35/h6,8-9,11,14,16,20-21,24,26,32,34H,1,7,10,12-13,15H2,2-5H3,(H,31,33)/b19-9-/t16-,20+,21-,24-,26+/m0/s1. The van der Waals surface area contributed by atoms with E-state index < -0.39 is 35.7 Å². The van der Waals surface area contributed by atoms with Crippen LogP contribution in [0.15, 0.2) is 42.0 Å². The van der Waals surface area contributed by atoms with Crippen molar-refractivity contribution in [3.05, 3.63) is 52.5 Å². The number of carbonyl (C=O) groups excluding carboxylic acids is 2. The van der Waals surface area contributed by atoms with Gasteiger partial charge in [-0.1, -0.05) is 43.7 Å². The zero-order chi connectivity index (χ0) is 27.3. The number of hydrogen-bond donors (Lipinski definition) is 3. The van der Waals surface area contributed by atoms with Crippen molar-refractivity contribution in [2.45, 2.75) is 77.7 Å². The lowest BCUT2D eigenvalue weighted by Crippen LogP contribution is -2.48. The molecule has 0 radical (unpaired) electrons. The quantitative estimate of drug-likeness (QED) is 0.467. The Morgan fingerprint density at radius 2 is 2.05 bits per heavy atom. The second kappa shape index (κ2) is 12.6. The molecule has 7 nitrogen and oxygen atoms in total. The highest BCUT2D eigenvalue weighted by molar-refractivity contribution is 7.18. The number of aryl methyl sites for hydroxylation is 1. The molecule has 3 rings (SSSR count). The van der Waals surface area contributed by atoms with Gasteiger partial charge in [0.25, 0.3) is 0 Å². The van der Waals surface area contributed by atoms with Crippen molar-refractivity contribution >= 4 is 44.8 Å². The Morgan fingerprint density at radius 1 is 1.32 bits per heavy atom. The first-order chi connectivity index (χ1) is 17.4. The number of aliphatic hydroxyl groups excluding tert-OH is 2. The summed E-state index contributed by atoms with van der Waals surface area (Å²) in [6.07, 6.45) is 1.22. The fourth-order valence-corrected chi connectivity index (χ4v) is 5.55. The van der Waals surface area contributed by atoms with E-state index in [1.54, 1.807) is 38.2 Å². The van der Waals surface area contributed by atoms with Crippen molar-refractivity contribution in [2.75, 3.05) is 6.61 Å². The lowest BCUT2D eigenvalue weighted by atomic mass is 9.72. The van der Waals surface area contributed by atoms with Gasteiger partial charge in [-0.15, -0.1) is 17.9 Å². The van der Waals surface area contributed by atoms with Crippen LogP contribution in [0.5, 0.6) is 0 Å². The van der Waals surface area contributed by atoms with Crippen LogP contribution < -0.4 is 5.32 Å². The molecule has 2 aromatic rings. The summed E-state index contributed by atoms with van der Waals surface area (Å²) in [5.74, 6) is -1.57. The van der Waals surface area contributed by atoms with Crippen LogP contribution in [0, 0.1) is 18.3 Å². The molecule has 0 bridgehead atoms. The first kappa shape index (κ1) is 29.5. The molecular weight excluding hydrogens is 512 g/mol. The second-order valence-corrected chi connectivity index (χ2v) is 11.9. The minimum atomic E-state index is -1.28. The van der Waals surface area contributed by atoms with Gasteiger partial charge in [0.15, 0.2) is 0 Å². The Labute approximate surface area is 227 Å². The highest BCUT2D eigenvalue weighted by Crippen LogP contribution is 2.33. The summed E-state index contributed by atoms with van der Waals surface area (Å²) in [5.41, 5.74) is 0.452. The number of nitrogens with zero attached hydrogens (tertiary/aromatic N) is 1. The molecule has 1 aromatic heterocycles. The normalized spacial score (nSPS) is 29.9. The highest BCUT2D eigenvalue weighted by Gasteiger charge is 2.43. The smallest absolute Gasteiger partial charge is 0.223 e. The maximum Gasteiger partial charge on any atom is 0.223 e. The fraction of sp³-hybridized carbons (Fsp3) is 0.536. The molecule has 0 aliphatic carbocycles. The van der Waals surface area contributed by atoms with Gasteiger partial charge < -0.3 is 20.3 Å². The number of rotatable bonds is 3. The minimum Gasteiger partial charge on any atom is -0.392 e. The number of Topliss-reactive ketones (excluding diaryl/α,β-unsaturated/α-hetero) is 1. The second-order valence-electron chi connectivity index (χ2n) is 10.2. The van der Waals surface area contributed by atoms with Crippen LogP contribution >= 0.6 is 22.9 Å².